The molecule has 2 saturated carbocycles. The van der Waals surface area contributed by atoms with Crippen LogP contribution in [0.25, 0.3) is 0 Å². The lowest BCUT2D eigenvalue weighted by atomic mass is 9.61. The highest BCUT2D eigenvalue weighted by Gasteiger charge is 2.66. The Labute approximate surface area is 178 Å². The van der Waals surface area contributed by atoms with Crippen LogP contribution in [0, 0.1) is 5.41 Å². The average Bonchev–Trinajstić information content (AvgIpc) is 3.39. The van der Waals surface area contributed by atoms with Crippen LogP contribution < -0.4 is 10.1 Å². The van der Waals surface area contributed by atoms with Gasteiger partial charge in [-0.05, 0) is 93.3 Å². The highest BCUT2D eigenvalue weighted by Crippen LogP contribution is 2.60. The fraction of sp³-hybridized carbons (Fsp3) is 0.652. The monoisotopic (exact) mass is 414 g/mol. The lowest BCUT2D eigenvalue weighted by Crippen LogP contribution is -2.56. The molecule has 5 nitrogen and oxygen atoms in total. The van der Waals surface area contributed by atoms with Gasteiger partial charge in [-0.3, -0.25) is 9.69 Å². The molecule has 3 fully saturated rings. The van der Waals surface area contributed by atoms with E-state index in [0.29, 0.717) is 11.2 Å². The third kappa shape index (κ3) is 2.75. The van der Waals surface area contributed by atoms with Crippen molar-refractivity contribution < 1.29 is 14.3 Å². The van der Waals surface area contributed by atoms with E-state index in [1.807, 2.05) is 0 Å². The van der Waals surface area contributed by atoms with Gasteiger partial charge in [-0.1, -0.05) is 6.07 Å². The van der Waals surface area contributed by atoms with E-state index in [-0.39, 0.29) is 17.4 Å². The minimum Gasteiger partial charge on any atom is -0.490 e. The first-order valence-electron chi connectivity index (χ1n) is 10.9. The highest BCUT2D eigenvalue weighted by molar-refractivity contribution is 7.80. The van der Waals surface area contributed by atoms with E-state index >= 15 is 0 Å². The van der Waals surface area contributed by atoms with Crippen LogP contribution in [-0.2, 0) is 21.5 Å². The Bertz CT molecular complexity index is 843. The minimum absolute atomic E-state index is 0.0788. The van der Waals surface area contributed by atoms with Gasteiger partial charge in [0.2, 0.25) is 0 Å². The molecule has 0 radical (unpaired) electrons. The number of methoxy groups -OCH3 is 1. The second-order valence-corrected chi connectivity index (χ2v) is 9.67. The smallest absolute Gasteiger partial charge is 0.259 e. The van der Waals surface area contributed by atoms with Gasteiger partial charge in [0.25, 0.3) is 5.91 Å². The first-order chi connectivity index (χ1) is 14.0. The molecule has 1 heterocycles. The van der Waals surface area contributed by atoms with Crippen molar-refractivity contribution >= 4 is 23.2 Å². The van der Waals surface area contributed by atoms with E-state index in [1.54, 1.807) is 19.1 Å². The number of hydrogen-bond acceptors (Lipinski definition) is 4. The molecule has 1 unspecified atom stereocenters. The molecular weight excluding hydrogens is 384 g/mol. The molecular formula is C23H30N2O3S. The summed E-state index contributed by atoms with van der Waals surface area (Å²) in [5.74, 6) is 0.961. The number of amides is 1. The second-order valence-electron chi connectivity index (χ2n) is 9.28. The lowest BCUT2D eigenvalue weighted by molar-refractivity contribution is -0.137. The molecule has 1 aromatic carbocycles. The average molecular weight is 415 g/mol. The quantitative estimate of drug-likeness (QED) is 0.765. The van der Waals surface area contributed by atoms with Crippen LogP contribution >= 0.6 is 12.2 Å². The number of carbonyl (C=O) groups is 1. The highest BCUT2D eigenvalue weighted by atomic mass is 32.1. The third-order valence-electron chi connectivity index (χ3n) is 7.86. The van der Waals surface area contributed by atoms with Gasteiger partial charge in [0.05, 0.1) is 12.2 Å². The zero-order chi connectivity index (χ0) is 20.2. The number of likely N-dealkylation sites (N-methyl/N-ethyl adjacent to an activating group) is 1. The molecule has 156 valence electrons. The van der Waals surface area contributed by atoms with Crippen molar-refractivity contribution in [2.45, 2.75) is 75.5 Å². The molecule has 4 aliphatic rings. The molecule has 5 rings (SSSR count). The maximum Gasteiger partial charge on any atom is 0.259 e. The Kier molecular flexibility index (Phi) is 4.63. The lowest BCUT2D eigenvalue weighted by Gasteiger charge is -2.46. The molecule has 29 heavy (non-hydrogen) atoms. The van der Waals surface area contributed by atoms with Crippen LogP contribution in [0.15, 0.2) is 18.2 Å². The molecule has 1 amide bonds. The Hall–Kier alpha value is -1.66. The topological polar surface area (TPSA) is 50.8 Å². The number of nitrogens with one attached hydrogen (secondary N) is 1. The van der Waals surface area contributed by atoms with Gasteiger partial charge in [0, 0.05) is 19.6 Å². The number of hydrogen-bond donors (Lipinski definition) is 1. The predicted octanol–water partition coefficient (Wildman–Crippen LogP) is 3.68. The van der Waals surface area contributed by atoms with Crippen LogP contribution in [0.4, 0.5) is 0 Å². The molecule has 2 spiro atoms. The number of thiocarbonyl (C=S) groups is 1. The standard InChI is InChI=1S/C23H30N2O3S/c1-25-20(26)23(24-21(25)29)19-13-18(28-17-5-3-4-6-17)8-7-15(19)14-22(23)11-9-16(27-2)10-12-22/h7-8,13,16-17H,3-6,9-12,14H2,1-2H3,(H,24,29). The summed E-state index contributed by atoms with van der Waals surface area (Å²) in [7, 11) is 3.58. The van der Waals surface area contributed by atoms with Crippen LogP contribution in [-0.4, -0.2) is 42.3 Å². The summed E-state index contributed by atoms with van der Waals surface area (Å²) in [6, 6.07) is 6.39. The van der Waals surface area contributed by atoms with Gasteiger partial charge in [-0.15, -0.1) is 0 Å². The zero-order valence-electron chi connectivity index (χ0n) is 17.3. The number of ether oxygens (including phenoxy) is 2. The van der Waals surface area contributed by atoms with E-state index in [2.05, 4.69) is 23.5 Å². The van der Waals surface area contributed by atoms with Crippen molar-refractivity contribution in [1.82, 2.24) is 10.2 Å². The SMILES string of the molecule is COC1CCC2(CC1)Cc1ccc(OC3CCCC3)cc1C21NC(=S)N(C)C1=O. The van der Waals surface area contributed by atoms with Crippen LogP contribution in [0.5, 0.6) is 5.75 Å². The summed E-state index contributed by atoms with van der Waals surface area (Å²) in [5, 5.41) is 4.04. The summed E-state index contributed by atoms with van der Waals surface area (Å²) in [4.78, 5) is 15.3. The molecule has 3 aliphatic carbocycles. The summed E-state index contributed by atoms with van der Waals surface area (Å²) >= 11 is 5.54. The number of fused-ring (bicyclic) bond motifs is 3. The van der Waals surface area contributed by atoms with Crippen LogP contribution in [0.3, 0.4) is 0 Å². The molecule has 0 aromatic heterocycles. The molecule has 0 bridgehead atoms. The van der Waals surface area contributed by atoms with Crippen molar-refractivity contribution in [2.24, 2.45) is 5.41 Å². The molecule has 1 N–H and O–H groups in total. The van der Waals surface area contributed by atoms with Crippen LogP contribution in [0.2, 0.25) is 0 Å². The van der Waals surface area contributed by atoms with E-state index < -0.39 is 5.54 Å². The third-order valence-corrected chi connectivity index (χ3v) is 8.24. The summed E-state index contributed by atoms with van der Waals surface area (Å²) < 4.78 is 11.9. The minimum atomic E-state index is -0.776. The molecule has 1 aromatic rings. The van der Waals surface area contributed by atoms with E-state index in [4.69, 9.17) is 21.7 Å². The van der Waals surface area contributed by atoms with Gasteiger partial charge in [-0.2, -0.15) is 0 Å². The maximum atomic E-state index is 13.7. The van der Waals surface area contributed by atoms with Crippen molar-refractivity contribution in [3.63, 3.8) is 0 Å². The molecule has 1 atom stereocenters. The number of carbonyl (C=O) groups excluding carboxylic acids is 1. The summed E-state index contributed by atoms with van der Waals surface area (Å²) in [6.45, 7) is 0. The predicted molar refractivity (Wildman–Crippen MR) is 115 cm³/mol. The van der Waals surface area contributed by atoms with Crippen LogP contribution in [0.1, 0.15) is 62.5 Å². The van der Waals surface area contributed by atoms with E-state index in [0.717, 1.165) is 56.3 Å². The first-order valence-corrected chi connectivity index (χ1v) is 11.3. The number of nitrogens with zero attached hydrogens (tertiary/aromatic N) is 1. The van der Waals surface area contributed by atoms with Crippen molar-refractivity contribution in [3.8, 4) is 5.75 Å². The second kappa shape index (κ2) is 6.95. The fourth-order valence-electron chi connectivity index (χ4n) is 6.23. The van der Waals surface area contributed by atoms with Gasteiger partial charge < -0.3 is 14.8 Å². The molecule has 1 aliphatic heterocycles. The Morgan fingerprint density at radius 2 is 1.86 bits per heavy atom. The maximum absolute atomic E-state index is 13.7. The van der Waals surface area contributed by atoms with Crippen molar-refractivity contribution in [2.75, 3.05) is 14.2 Å². The Balaban J connectivity index is 1.56. The van der Waals surface area contributed by atoms with Crippen molar-refractivity contribution in [3.05, 3.63) is 29.3 Å². The zero-order valence-corrected chi connectivity index (χ0v) is 18.1. The van der Waals surface area contributed by atoms with Crippen molar-refractivity contribution in [1.29, 1.82) is 0 Å². The Morgan fingerprint density at radius 3 is 2.48 bits per heavy atom. The van der Waals surface area contributed by atoms with E-state index in [9.17, 15) is 4.79 Å². The number of benzene rings is 1. The summed E-state index contributed by atoms with van der Waals surface area (Å²) in [5.41, 5.74) is 1.38. The van der Waals surface area contributed by atoms with Gasteiger partial charge in [0.15, 0.2) is 10.7 Å². The molecule has 6 heteroatoms. The van der Waals surface area contributed by atoms with Gasteiger partial charge in [0.1, 0.15) is 5.75 Å². The van der Waals surface area contributed by atoms with Gasteiger partial charge in [-0.25, -0.2) is 0 Å². The first kappa shape index (κ1) is 19.3. The molecule has 1 saturated heterocycles. The van der Waals surface area contributed by atoms with Gasteiger partial charge >= 0.3 is 0 Å². The summed E-state index contributed by atoms with van der Waals surface area (Å²) in [6.07, 6.45) is 10.1. The fourth-order valence-corrected chi connectivity index (χ4v) is 6.46. The Morgan fingerprint density at radius 1 is 1.14 bits per heavy atom. The van der Waals surface area contributed by atoms with E-state index in [1.165, 1.54) is 18.4 Å². The normalized spacial score (nSPS) is 34.3. The number of rotatable bonds is 3. The largest absolute Gasteiger partial charge is 0.490 e.